The molecule has 1 amide bonds. The standard InChI is InChI=1S/C8H9NO2/c1-11-7-5-3-2-4-6(7)8(9)10/h2-5H,1H3,(H2,9,10)/p+1. The Balaban J connectivity index is 0.00000121. The van der Waals surface area contributed by atoms with E-state index < -0.39 is 5.91 Å². The van der Waals surface area contributed by atoms with Gasteiger partial charge in [-0.25, -0.2) is 0 Å². The van der Waals surface area contributed by atoms with Crippen molar-refractivity contribution in [3.63, 3.8) is 0 Å². The third-order valence-electron chi connectivity index (χ3n) is 1.37. The van der Waals surface area contributed by atoms with Gasteiger partial charge >= 0.3 is 1.43 Å². The Labute approximate surface area is 66.3 Å². The van der Waals surface area contributed by atoms with Gasteiger partial charge < -0.3 is 10.5 Å². The van der Waals surface area contributed by atoms with Crippen LogP contribution < -0.4 is 10.5 Å². The zero-order chi connectivity index (χ0) is 8.27. The van der Waals surface area contributed by atoms with Crippen molar-refractivity contribution >= 4 is 5.91 Å². The highest BCUT2D eigenvalue weighted by atomic mass is 16.5. The normalized spacial score (nSPS) is 9.18. The molecule has 1 aromatic rings. The molecule has 0 aliphatic heterocycles. The number of carbonyl (C=O) groups is 1. The third kappa shape index (κ3) is 1.49. The van der Waals surface area contributed by atoms with Crippen molar-refractivity contribution < 1.29 is 11.0 Å². The fourth-order valence-corrected chi connectivity index (χ4v) is 0.848. The number of methoxy groups -OCH3 is 1. The predicted octanol–water partition coefficient (Wildman–Crippen LogP) is 0.907. The molecule has 0 aliphatic carbocycles. The van der Waals surface area contributed by atoms with E-state index >= 15 is 0 Å². The van der Waals surface area contributed by atoms with Crippen molar-refractivity contribution in [3.05, 3.63) is 29.8 Å². The van der Waals surface area contributed by atoms with Gasteiger partial charge in [0.1, 0.15) is 5.75 Å². The van der Waals surface area contributed by atoms with Crippen LogP contribution in [0.3, 0.4) is 0 Å². The van der Waals surface area contributed by atoms with Gasteiger partial charge in [0.2, 0.25) is 0 Å². The molecule has 0 spiro atoms. The van der Waals surface area contributed by atoms with E-state index in [9.17, 15) is 4.79 Å². The van der Waals surface area contributed by atoms with Crippen LogP contribution in [-0.4, -0.2) is 13.0 Å². The Morgan fingerprint density at radius 1 is 1.55 bits per heavy atom. The van der Waals surface area contributed by atoms with E-state index in [1.165, 1.54) is 7.11 Å². The number of nitrogens with two attached hydrogens (primary N) is 1. The van der Waals surface area contributed by atoms with Crippen LogP contribution in [0.5, 0.6) is 5.75 Å². The lowest BCUT2D eigenvalue weighted by Gasteiger charge is -2.02. The van der Waals surface area contributed by atoms with E-state index in [-0.39, 0.29) is 1.43 Å². The molecule has 0 aromatic heterocycles. The lowest BCUT2D eigenvalue weighted by molar-refractivity contribution is 0.0997. The van der Waals surface area contributed by atoms with Crippen LogP contribution in [0.15, 0.2) is 24.3 Å². The molecular weight excluding hydrogens is 142 g/mol. The first-order valence-electron chi connectivity index (χ1n) is 3.18. The van der Waals surface area contributed by atoms with Gasteiger partial charge in [0.25, 0.3) is 5.91 Å². The van der Waals surface area contributed by atoms with Gasteiger partial charge in [0.05, 0.1) is 12.7 Å². The first-order chi connectivity index (χ1) is 5.25. The average Bonchev–Trinajstić information content (AvgIpc) is 2.04. The summed E-state index contributed by atoms with van der Waals surface area (Å²) in [7, 11) is 1.50. The van der Waals surface area contributed by atoms with Crippen LogP contribution in [0.2, 0.25) is 0 Å². The van der Waals surface area contributed by atoms with Gasteiger partial charge in [-0.3, -0.25) is 4.79 Å². The minimum absolute atomic E-state index is 0. The first-order valence-corrected chi connectivity index (χ1v) is 3.18. The summed E-state index contributed by atoms with van der Waals surface area (Å²) in [5, 5.41) is 0. The summed E-state index contributed by atoms with van der Waals surface area (Å²) < 4.78 is 4.91. The maximum Gasteiger partial charge on any atom is 1.00 e. The highest BCUT2D eigenvalue weighted by molar-refractivity contribution is 5.95. The second-order valence-electron chi connectivity index (χ2n) is 2.06. The molecule has 0 aliphatic rings. The number of ether oxygens (including phenoxy) is 1. The summed E-state index contributed by atoms with van der Waals surface area (Å²) >= 11 is 0. The zero-order valence-corrected chi connectivity index (χ0v) is 6.20. The molecular formula is C8H10NO2+. The Kier molecular flexibility index (Phi) is 2.11. The smallest absolute Gasteiger partial charge is 0.496 e. The number of para-hydroxylation sites is 1. The lowest BCUT2D eigenvalue weighted by atomic mass is 10.2. The fourth-order valence-electron chi connectivity index (χ4n) is 0.848. The van der Waals surface area contributed by atoms with Crippen LogP contribution in [0.4, 0.5) is 0 Å². The minimum Gasteiger partial charge on any atom is -0.496 e. The van der Waals surface area contributed by atoms with Gasteiger partial charge in [0, 0.05) is 0 Å². The minimum atomic E-state index is -0.470. The summed E-state index contributed by atoms with van der Waals surface area (Å²) in [6.07, 6.45) is 0. The van der Waals surface area contributed by atoms with Crippen LogP contribution in [0.1, 0.15) is 11.8 Å². The molecule has 0 bridgehead atoms. The van der Waals surface area contributed by atoms with E-state index in [4.69, 9.17) is 10.5 Å². The van der Waals surface area contributed by atoms with E-state index in [0.29, 0.717) is 11.3 Å². The molecule has 0 radical (unpaired) electrons. The van der Waals surface area contributed by atoms with Crippen LogP contribution >= 0.6 is 0 Å². The molecule has 0 fully saturated rings. The Morgan fingerprint density at radius 3 is 2.64 bits per heavy atom. The summed E-state index contributed by atoms with van der Waals surface area (Å²) in [6, 6.07) is 6.84. The largest absolute Gasteiger partial charge is 1.00 e. The highest BCUT2D eigenvalue weighted by Gasteiger charge is 2.05. The molecule has 0 saturated carbocycles. The molecule has 0 atom stereocenters. The predicted molar refractivity (Wildman–Crippen MR) is 42.6 cm³/mol. The molecule has 58 valence electrons. The summed E-state index contributed by atoms with van der Waals surface area (Å²) in [5.41, 5.74) is 5.48. The van der Waals surface area contributed by atoms with Crippen molar-refractivity contribution in [1.82, 2.24) is 0 Å². The maximum absolute atomic E-state index is 10.7. The number of benzene rings is 1. The fraction of sp³-hybridized carbons (Fsp3) is 0.125. The molecule has 3 heteroatoms. The monoisotopic (exact) mass is 152 g/mol. The number of carbonyl (C=O) groups excluding carboxylic acids is 1. The zero-order valence-electron chi connectivity index (χ0n) is 7.20. The van der Waals surface area contributed by atoms with Crippen molar-refractivity contribution in [3.8, 4) is 5.75 Å². The molecule has 0 heterocycles. The van der Waals surface area contributed by atoms with Gasteiger partial charge in [0.15, 0.2) is 0 Å². The van der Waals surface area contributed by atoms with Crippen molar-refractivity contribution in [2.24, 2.45) is 5.73 Å². The van der Waals surface area contributed by atoms with Gasteiger partial charge in [-0.05, 0) is 12.1 Å². The second kappa shape index (κ2) is 3.05. The Morgan fingerprint density at radius 2 is 2.18 bits per heavy atom. The topological polar surface area (TPSA) is 52.3 Å². The van der Waals surface area contributed by atoms with Crippen LogP contribution in [0, 0.1) is 0 Å². The lowest BCUT2D eigenvalue weighted by Crippen LogP contribution is -2.11. The molecule has 1 aromatic carbocycles. The molecule has 11 heavy (non-hydrogen) atoms. The molecule has 1 rings (SSSR count). The van der Waals surface area contributed by atoms with Crippen molar-refractivity contribution in [1.29, 1.82) is 0 Å². The maximum atomic E-state index is 10.7. The average molecular weight is 152 g/mol. The Bertz CT molecular complexity index is 276. The number of rotatable bonds is 2. The second-order valence-corrected chi connectivity index (χ2v) is 2.06. The molecule has 3 nitrogen and oxygen atoms in total. The molecule has 2 N–H and O–H groups in total. The summed E-state index contributed by atoms with van der Waals surface area (Å²) in [6.45, 7) is 0. The van der Waals surface area contributed by atoms with Crippen LogP contribution in [-0.2, 0) is 0 Å². The van der Waals surface area contributed by atoms with Crippen LogP contribution in [0.25, 0.3) is 0 Å². The van der Waals surface area contributed by atoms with Gasteiger partial charge in [-0.15, -0.1) is 0 Å². The van der Waals surface area contributed by atoms with E-state index in [1.807, 2.05) is 0 Å². The number of hydrogen-bond acceptors (Lipinski definition) is 2. The van der Waals surface area contributed by atoms with Gasteiger partial charge in [-0.2, -0.15) is 0 Å². The van der Waals surface area contributed by atoms with E-state index in [1.54, 1.807) is 24.3 Å². The molecule has 0 saturated heterocycles. The third-order valence-corrected chi connectivity index (χ3v) is 1.37. The van der Waals surface area contributed by atoms with E-state index in [2.05, 4.69) is 0 Å². The summed E-state index contributed by atoms with van der Waals surface area (Å²) in [5.74, 6) is 0.0439. The number of hydrogen-bond donors (Lipinski definition) is 1. The SMILES string of the molecule is COc1ccccc1C(N)=O.[H+]. The first kappa shape index (κ1) is 7.60. The highest BCUT2D eigenvalue weighted by Crippen LogP contribution is 2.15. The Hall–Kier alpha value is -1.51. The van der Waals surface area contributed by atoms with Gasteiger partial charge in [-0.1, -0.05) is 12.1 Å². The molecule has 0 unspecified atom stereocenters. The quantitative estimate of drug-likeness (QED) is 0.684. The summed E-state index contributed by atoms with van der Waals surface area (Å²) in [4.78, 5) is 10.7. The van der Waals surface area contributed by atoms with Crippen molar-refractivity contribution in [2.75, 3.05) is 7.11 Å². The van der Waals surface area contributed by atoms with Crippen molar-refractivity contribution in [2.45, 2.75) is 0 Å². The van der Waals surface area contributed by atoms with E-state index in [0.717, 1.165) is 0 Å². The number of primary amides is 1. The number of amides is 1.